The fourth-order valence-electron chi connectivity index (χ4n) is 2.04. The largest absolute Gasteiger partial charge is 0.321 e. The number of hydrogen-bond donors (Lipinski definition) is 1. The highest BCUT2D eigenvalue weighted by Crippen LogP contribution is 2.37. The molecule has 22 heavy (non-hydrogen) atoms. The summed E-state index contributed by atoms with van der Waals surface area (Å²) < 4.78 is 24.9. The van der Waals surface area contributed by atoms with Crippen LogP contribution in [0.3, 0.4) is 0 Å². The van der Waals surface area contributed by atoms with Gasteiger partial charge in [-0.05, 0) is 31.0 Å². The summed E-state index contributed by atoms with van der Waals surface area (Å²) in [6, 6.07) is 3.75. The van der Waals surface area contributed by atoms with E-state index in [9.17, 15) is 13.4 Å². The molecule has 1 aliphatic rings. The Labute approximate surface area is 129 Å². The van der Waals surface area contributed by atoms with E-state index >= 15 is 0 Å². The molecule has 1 heterocycles. The van der Waals surface area contributed by atoms with Gasteiger partial charge >= 0.3 is 0 Å². The molecule has 0 spiro atoms. The monoisotopic (exact) mass is 319 g/mol. The van der Waals surface area contributed by atoms with Gasteiger partial charge in [0.15, 0.2) is 0 Å². The second kappa shape index (κ2) is 5.92. The van der Waals surface area contributed by atoms with Gasteiger partial charge in [-0.3, -0.25) is 9.00 Å². The Morgan fingerprint density at radius 1 is 1.32 bits per heavy atom. The number of anilines is 1. The summed E-state index contributed by atoms with van der Waals surface area (Å²) in [4.78, 5) is 20.8. The zero-order valence-corrected chi connectivity index (χ0v) is 12.7. The smallest absolute Gasteiger partial charge is 0.258 e. The fraction of sp³-hybridized carbons (Fsp3) is 0.267. The van der Waals surface area contributed by atoms with Crippen LogP contribution in [0.15, 0.2) is 35.5 Å². The average Bonchev–Trinajstić information content (AvgIpc) is 3.33. The number of aromatic nitrogens is 2. The van der Waals surface area contributed by atoms with Crippen LogP contribution < -0.4 is 5.32 Å². The molecule has 3 rings (SSSR count). The van der Waals surface area contributed by atoms with E-state index in [-0.39, 0.29) is 4.90 Å². The fourth-order valence-corrected chi connectivity index (χ4v) is 2.75. The molecule has 1 fully saturated rings. The van der Waals surface area contributed by atoms with Gasteiger partial charge in [0.2, 0.25) is 0 Å². The first-order chi connectivity index (χ1) is 10.5. The maximum absolute atomic E-state index is 13.2. The van der Waals surface area contributed by atoms with Crippen LogP contribution in [0.1, 0.15) is 34.9 Å². The van der Waals surface area contributed by atoms with Crippen molar-refractivity contribution in [3.05, 3.63) is 47.8 Å². The molecule has 1 aromatic heterocycles. The molecule has 1 aliphatic carbocycles. The van der Waals surface area contributed by atoms with Crippen LogP contribution in [0.2, 0.25) is 0 Å². The van der Waals surface area contributed by atoms with Crippen molar-refractivity contribution in [1.82, 2.24) is 9.97 Å². The molecule has 7 heteroatoms. The minimum atomic E-state index is -1.41. The Bertz CT molecular complexity index is 745. The third kappa shape index (κ3) is 3.19. The number of carbonyl (C=O) groups is 1. The van der Waals surface area contributed by atoms with Gasteiger partial charge in [-0.15, -0.1) is 0 Å². The summed E-state index contributed by atoms with van der Waals surface area (Å²) >= 11 is 0. The normalized spacial score (nSPS) is 15.4. The van der Waals surface area contributed by atoms with E-state index < -0.39 is 22.5 Å². The van der Waals surface area contributed by atoms with Crippen molar-refractivity contribution in [3.63, 3.8) is 0 Å². The standard InChI is InChI=1S/C15H14FN3O2S/c1-22(21)13-6-11(16)4-5-12(13)19-15(20)10-7-17-14(18-8-10)9-2-3-9/h4-9H,2-3H2,1H3,(H,19,20). The van der Waals surface area contributed by atoms with Crippen LogP contribution in [-0.4, -0.2) is 26.3 Å². The lowest BCUT2D eigenvalue weighted by atomic mass is 10.2. The molecule has 2 aromatic rings. The molecule has 1 aromatic carbocycles. The van der Waals surface area contributed by atoms with Gasteiger partial charge in [0.05, 0.1) is 26.9 Å². The molecule has 114 valence electrons. The van der Waals surface area contributed by atoms with Crippen molar-refractivity contribution in [1.29, 1.82) is 0 Å². The molecule has 1 unspecified atom stereocenters. The van der Waals surface area contributed by atoms with Gasteiger partial charge in [0.25, 0.3) is 5.91 Å². The van der Waals surface area contributed by atoms with Crippen LogP contribution in [-0.2, 0) is 10.8 Å². The van der Waals surface area contributed by atoms with Crippen LogP contribution >= 0.6 is 0 Å². The number of nitrogens with zero attached hydrogens (tertiary/aromatic N) is 2. The van der Waals surface area contributed by atoms with E-state index in [1.165, 1.54) is 30.8 Å². The zero-order chi connectivity index (χ0) is 15.7. The summed E-state index contributed by atoms with van der Waals surface area (Å²) in [6.07, 6.45) is 6.56. The van der Waals surface area contributed by atoms with Gasteiger partial charge in [0.1, 0.15) is 11.6 Å². The van der Waals surface area contributed by atoms with Crippen molar-refractivity contribution in [3.8, 4) is 0 Å². The first kappa shape index (κ1) is 14.8. The van der Waals surface area contributed by atoms with Crippen molar-refractivity contribution in [2.24, 2.45) is 0 Å². The summed E-state index contributed by atoms with van der Waals surface area (Å²) in [5.74, 6) is 0.262. The minimum absolute atomic E-state index is 0.240. The molecule has 1 N–H and O–H groups in total. The molecule has 5 nitrogen and oxygen atoms in total. The lowest BCUT2D eigenvalue weighted by Gasteiger charge is -2.09. The van der Waals surface area contributed by atoms with E-state index in [1.807, 2.05) is 0 Å². The predicted octanol–water partition coefficient (Wildman–Crippen LogP) is 2.48. The van der Waals surface area contributed by atoms with Gasteiger partial charge < -0.3 is 5.32 Å². The number of carbonyl (C=O) groups excluding carboxylic acids is 1. The Hall–Kier alpha value is -2.15. The lowest BCUT2D eigenvalue weighted by molar-refractivity contribution is 0.102. The molecule has 1 saturated carbocycles. The van der Waals surface area contributed by atoms with E-state index in [1.54, 1.807) is 0 Å². The van der Waals surface area contributed by atoms with Crippen LogP contribution in [0.25, 0.3) is 0 Å². The third-order valence-corrected chi connectivity index (χ3v) is 4.34. The highest BCUT2D eigenvalue weighted by molar-refractivity contribution is 7.84. The van der Waals surface area contributed by atoms with Crippen LogP contribution in [0.5, 0.6) is 0 Å². The summed E-state index contributed by atoms with van der Waals surface area (Å²) in [6.45, 7) is 0. The molecule has 0 bridgehead atoms. The number of benzene rings is 1. The van der Waals surface area contributed by atoms with Crippen LogP contribution in [0, 0.1) is 5.82 Å². The molecular formula is C15H14FN3O2S. The van der Waals surface area contributed by atoms with Gasteiger partial charge in [-0.25, -0.2) is 14.4 Å². The maximum Gasteiger partial charge on any atom is 0.258 e. The summed E-state index contributed by atoms with van der Waals surface area (Å²) in [5, 5.41) is 2.62. The van der Waals surface area contributed by atoms with Gasteiger partial charge in [-0.2, -0.15) is 0 Å². The molecule has 0 radical (unpaired) electrons. The van der Waals surface area contributed by atoms with E-state index in [2.05, 4.69) is 15.3 Å². The number of nitrogens with one attached hydrogen (secondary N) is 1. The highest BCUT2D eigenvalue weighted by atomic mass is 32.2. The average molecular weight is 319 g/mol. The Morgan fingerprint density at radius 3 is 2.59 bits per heavy atom. The number of hydrogen-bond acceptors (Lipinski definition) is 4. The summed E-state index contributed by atoms with van der Waals surface area (Å²) in [5.41, 5.74) is 0.625. The zero-order valence-electron chi connectivity index (χ0n) is 11.9. The predicted molar refractivity (Wildman–Crippen MR) is 80.7 cm³/mol. The molecule has 1 atom stereocenters. The molecule has 0 saturated heterocycles. The quantitative estimate of drug-likeness (QED) is 0.940. The highest BCUT2D eigenvalue weighted by Gasteiger charge is 2.26. The molecule has 1 amide bonds. The second-order valence-electron chi connectivity index (χ2n) is 5.15. The van der Waals surface area contributed by atoms with Gasteiger partial charge in [0, 0.05) is 24.6 Å². The van der Waals surface area contributed by atoms with Crippen molar-refractivity contribution < 1.29 is 13.4 Å². The topological polar surface area (TPSA) is 72.0 Å². The SMILES string of the molecule is CS(=O)c1cc(F)ccc1NC(=O)c1cnc(C2CC2)nc1. The first-order valence-electron chi connectivity index (χ1n) is 6.81. The third-order valence-electron chi connectivity index (χ3n) is 3.38. The van der Waals surface area contributed by atoms with Crippen LogP contribution in [0.4, 0.5) is 10.1 Å². The Kier molecular flexibility index (Phi) is 3.98. The van der Waals surface area contributed by atoms with Crippen molar-refractivity contribution in [2.45, 2.75) is 23.7 Å². The van der Waals surface area contributed by atoms with E-state index in [4.69, 9.17) is 0 Å². The first-order valence-corrected chi connectivity index (χ1v) is 8.36. The second-order valence-corrected chi connectivity index (χ2v) is 6.50. The Morgan fingerprint density at radius 2 is 2.00 bits per heavy atom. The molecular weight excluding hydrogens is 305 g/mol. The number of halogens is 1. The maximum atomic E-state index is 13.2. The summed E-state index contributed by atoms with van der Waals surface area (Å²) in [7, 11) is -1.41. The van der Waals surface area contributed by atoms with Crippen molar-refractivity contribution >= 4 is 22.4 Å². The van der Waals surface area contributed by atoms with E-state index in [0.29, 0.717) is 17.2 Å². The number of rotatable bonds is 4. The van der Waals surface area contributed by atoms with Gasteiger partial charge in [-0.1, -0.05) is 0 Å². The van der Waals surface area contributed by atoms with E-state index in [0.717, 1.165) is 24.7 Å². The Balaban J connectivity index is 1.80. The van der Waals surface area contributed by atoms with Crippen molar-refractivity contribution in [2.75, 3.05) is 11.6 Å². The number of amides is 1. The molecule has 0 aliphatic heterocycles. The minimum Gasteiger partial charge on any atom is -0.321 e. The lowest BCUT2D eigenvalue weighted by Crippen LogP contribution is -2.14.